The van der Waals surface area contributed by atoms with E-state index in [2.05, 4.69) is 30.4 Å². The molecule has 1 N–H and O–H groups in total. The van der Waals surface area contributed by atoms with Crippen molar-refractivity contribution in [2.45, 2.75) is 59.4 Å². The van der Waals surface area contributed by atoms with Gasteiger partial charge >= 0.3 is 0 Å². The van der Waals surface area contributed by atoms with Gasteiger partial charge in [0.1, 0.15) is 6.04 Å². The van der Waals surface area contributed by atoms with Crippen LogP contribution >= 0.6 is 0 Å². The van der Waals surface area contributed by atoms with Crippen molar-refractivity contribution >= 4 is 11.8 Å². The summed E-state index contributed by atoms with van der Waals surface area (Å²) in [6.07, 6.45) is 3.01. The lowest BCUT2D eigenvalue weighted by Crippen LogP contribution is -2.49. The Balaban J connectivity index is 2.13. The molecule has 4 nitrogen and oxygen atoms in total. The first kappa shape index (κ1) is 22.7. The van der Waals surface area contributed by atoms with Crippen molar-refractivity contribution in [2.24, 2.45) is 0 Å². The van der Waals surface area contributed by atoms with Gasteiger partial charge in [-0.3, -0.25) is 9.59 Å². The lowest BCUT2D eigenvalue weighted by atomic mass is 10.0. The van der Waals surface area contributed by atoms with Gasteiger partial charge in [-0.25, -0.2) is 0 Å². The average Bonchev–Trinajstić information content (AvgIpc) is 2.68. The second-order valence-corrected chi connectivity index (χ2v) is 7.82. The molecule has 0 heterocycles. The van der Waals surface area contributed by atoms with Crippen LogP contribution in [0.15, 0.2) is 48.5 Å². The first-order chi connectivity index (χ1) is 13.9. The van der Waals surface area contributed by atoms with E-state index in [4.69, 9.17) is 0 Å². The molecule has 0 bridgehead atoms. The Morgan fingerprint density at radius 1 is 1.00 bits per heavy atom. The van der Waals surface area contributed by atoms with Gasteiger partial charge in [0.2, 0.25) is 11.8 Å². The van der Waals surface area contributed by atoms with Crippen molar-refractivity contribution < 1.29 is 9.59 Å². The maximum absolute atomic E-state index is 13.2. The Morgan fingerprint density at radius 2 is 1.66 bits per heavy atom. The van der Waals surface area contributed by atoms with Crippen molar-refractivity contribution in [3.8, 4) is 0 Å². The highest BCUT2D eigenvalue weighted by molar-refractivity contribution is 5.88. The molecule has 4 heteroatoms. The van der Waals surface area contributed by atoms with Crippen LogP contribution in [0, 0.1) is 13.8 Å². The highest BCUT2D eigenvalue weighted by atomic mass is 16.2. The minimum Gasteiger partial charge on any atom is -0.354 e. The molecule has 0 aliphatic heterocycles. The molecule has 0 spiro atoms. The molecule has 0 aromatic heterocycles. The van der Waals surface area contributed by atoms with Crippen LogP contribution in [0.4, 0.5) is 0 Å². The first-order valence-electron chi connectivity index (χ1n) is 10.6. The highest BCUT2D eigenvalue weighted by Crippen LogP contribution is 2.13. The molecule has 1 unspecified atom stereocenters. The summed E-state index contributed by atoms with van der Waals surface area (Å²) < 4.78 is 0. The Labute approximate surface area is 175 Å². The normalized spacial score (nSPS) is 11.7. The number of hydrogen-bond acceptors (Lipinski definition) is 2. The van der Waals surface area contributed by atoms with Gasteiger partial charge in [0.05, 0.1) is 6.42 Å². The fourth-order valence-electron chi connectivity index (χ4n) is 3.55. The van der Waals surface area contributed by atoms with E-state index in [0.29, 0.717) is 19.5 Å². The molecule has 2 aromatic carbocycles. The third-order valence-corrected chi connectivity index (χ3v) is 5.12. The summed E-state index contributed by atoms with van der Waals surface area (Å²) in [6, 6.07) is 15.8. The zero-order valence-corrected chi connectivity index (χ0v) is 18.2. The topological polar surface area (TPSA) is 49.4 Å². The van der Waals surface area contributed by atoms with Crippen LogP contribution in [-0.4, -0.2) is 35.8 Å². The molecule has 156 valence electrons. The zero-order chi connectivity index (χ0) is 21.2. The van der Waals surface area contributed by atoms with Crippen LogP contribution in [0.5, 0.6) is 0 Å². The SMILES string of the molecule is CCCCNC(=O)C(C)N(CCc1ccccc1)C(=O)Cc1cc(C)cc(C)c1. The van der Waals surface area contributed by atoms with Gasteiger partial charge in [0, 0.05) is 13.1 Å². The van der Waals surface area contributed by atoms with E-state index in [0.717, 1.165) is 41.5 Å². The summed E-state index contributed by atoms with van der Waals surface area (Å²) in [4.78, 5) is 27.5. The van der Waals surface area contributed by atoms with Crippen LogP contribution in [0.25, 0.3) is 0 Å². The molecule has 29 heavy (non-hydrogen) atoms. The third kappa shape index (κ3) is 7.37. The molecule has 0 radical (unpaired) electrons. The molecule has 0 saturated heterocycles. The Bertz CT molecular complexity index is 781. The summed E-state index contributed by atoms with van der Waals surface area (Å²) in [6.45, 7) is 9.17. The predicted octanol–water partition coefficient (Wildman–Crippen LogP) is 4.22. The quantitative estimate of drug-likeness (QED) is 0.613. The van der Waals surface area contributed by atoms with E-state index in [9.17, 15) is 9.59 Å². The predicted molar refractivity (Wildman–Crippen MR) is 119 cm³/mol. The van der Waals surface area contributed by atoms with Crippen molar-refractivity contribution in [3.63, 3.8) is 0 Å². The number of hydrogen-bond donors (Lipinski definition) is 1. The number of nitrogens with zero attached hydrogens (tertiary/aromatic N) is 1. The van der Waals surface area contributed by atoms with E-state index >= 15 is 0 Å². The van der Waals surface area contributed by atoms with E-state index < -0.39 is 6.04 Å². The number of carbonyl (C=O) groups excluding carboxylic acids is 2. The average molecular weight is 395 g/mol. The molecular weight excluding hydrogens is 360 g/mol. The number of benzene rings is 2. The smallest absolute Gasteiger partial charge is 0.242 e. The lowest BCUT2D eigenvalue weighted by molar-refractivity contribution is -0.139. The van der Waals surface area contributed by atoms with Crippen molar-refractivity contribution in [1.29, 1.82) is 0 Å². The van der Waals surface area contributed by atoms with Gasteiger partial charge in [0.15, 0.2) is 0 Å². The first-order valence-corrected chi connectivity index (χ1v) is 10.6. The van der Waals surface area contributed by atoms with Crippen LogP contribution < -0.4 is 5.32 Å². The van der Waals surface area contributed by atoms with Gasteiger partial charge in [-0.05, 0) is 44.7 Å². The molecule has 0 aliphatic carbocycles. The van der Waals surface area contributed by atoms with Gasteiger partial charge in [-0.15, -0.1) is 0 Å². The molecule has 0 saturated carbocycles. The maximum Gasteiger partial charge on any atom is 0.242 e. The molecule has 0 fully saturated rings. The minimum atomic E-state index is -0.492. The number of rotatable bonds is 10. The molecular formula is C25H34N2O2. The van der Waals surface area contributed by atoms with Gasteiger partial charge in [-0.2, -0.15) is 0 Å². The standard InChI is InChI=1S/C25H34N2O2/c1-5-6-13-26-25(29)21(4)27(14-12-22-10-8-7-9-11-22)24(28)18-23-16-19(2)15-20(3)17-23/h7-11,15-17,21H,5-6,12-14,18H2,1-4H3,(H,26,29). The van der Waals surface area contributed by atoms with Crippen molar-refractivity contribution in [2.75, 3.05) is 13.1 Å². The maximum atomic E-state index is 13.2. The summed E-state index contributed by atoms with van der Waals surface area (Å²) >= 11 is 0. The van der Waals surface area contributed by atoms with E-state index in [-0.39, 0.29) is 11.8 Å². The second-order valence-electron chi connectivity index (χ2n) is 7.82. The van der Waals surface area contributed by atoms with Crippen LogP contribution in [0.3, 0.4) is 0 Å². The zero-order valence-electron chi connectivity index (χ0n) is 18.2. The number of amides is 2. The van der Waals surface area contributed by atoms with Gasteiger partial charge in [0.25, 0.3) is 0 Å². The number of carbonyl (C=O) groups is 2. The summed E-state index contributed by atoms with van der Waals surface area (Å²) in [5.41, 5.74) is 4.45. The van der Waals surface area contributed by atoms with Crippen LogP contribution in [0.1, 0.15) is 48.9 Å². The van der Waals surface area contributed by atoms with E-state index in [1.165, 1.54) is 0 Å². The second kappa shape index (κ2) is 11.4. The monoisotopic (exact) mass is 394 g/mol. The van der Waals surface area contributed by atoms with Crippen molar-refractivity contribution in [3.05, 3.63) is 70.8 Å². The Morgan fingerprint density at radius 3 is 2.28 bits per heavy atom. The summed E-state index contributed by atoms with van der Waals surface area (Å²) in [5.74, 6) is -0.0932. The Hall–Kier alpha value is -2.62. The molecule has 1 atom stereocenters. The summed E-state index contributed by atoms with van der Waals surface area (Å²) in [7, 11) is 0. The van der Waals surface area contributed by atoms with Crippen LogP contribution in [-0.2, 0) is 22.4 Å². The molecule has 2 amide bonds. The fraction of sp³-hybridized carbons (Fsp3) is 0.440. The minimum absolute atomic E-state index is 0.0101. The number of aryl methyl sites for hydroxylation is 2. The van der Waals surface area contributed by atoms with Gasteiger partial charge in [-0.1, -0.05) is 73.0 Å². The molecule has 2 aromatic rings. The number of unbranched alkanes of at least 4 members (excludes halogenated alkanes) is 1. The van der Waals surface area contributed by atoms with Gasteiger partial charge < -0.3 is 10.2 Å². The Kier molecular flexibility index (Phi) is 8.91. The molecule has 2 rings (SSSR count). The van der Waals surface area contributed by atoms with E-state index in [1.54, 1.807) is 4.90 Å². The third-order valence-electron chi connectivity index (χ3n) is 5.12. The van der Waals surface area contributed by atoms with E-state index in [1.807, 2.05) is 51.1 Å². The fourth-order valence-corrected chi connectivity index (χ4v) is 3.55. The van der Waals surface area contributed by atoms with Crippen LogP contribution in [0.2, 0.25) is 0 Å². The lowest BCUT2D eigenvalue weighted by Gasteiger charge is -2.29. The summed E-state index contributed by atoms with van der Waals surface area (Å²) in [5, 5.41) is 2.97. The highest BCUT2D eigenvalue weighted by Gasteiger charge is 2.25. The molecule has 0 aliphatic rings. The number of nitrogens with one attached hydrogen (secondary N) is 1. The van der Waals surface area contributed by atoms with Crippen molar-refractivity contribution in [1.82, 2.24) is 10.2 Å². The largest absolute Gasteiger partial charge is 0.354 e.